The fourth-order valence-electron chi connectivity index (χ4n) is 0.730. The molecule has 0 saturated carbocycles. The third kappa shape index (κ3) is 19.9. The van der Waals surface area contributed by atoms with Gasteiger partial charge in [-0.2, -0.15) is 0 Å². The van der Waals surface area contributed by atoms with E-state index < -0.39 is 20.8 Å². The highest BCUT2D eigenvalue weighted by Gasteiger charge is 2.13. The molecule has 15 heavy (non-hydrogen) atoms. The lowest BCUT2D eigenvalue weighted by atomic mass is 10.3. The fraction of sp³-hybridized carbons (Fsp3) is 0.778. The predicted octanol–water partition coefficient (Wildman–Crippen LogP) is 1.23. The summed E-state index contributed by atoms with van der Waals surface area (Å²) in [4.78, 5) is 19.5. The van der Waals surface area contributed by atoms with Crippen molar-refractivity contribution in [1.82, 2.24) is 0 Å². The van der Waals surface area contributed by atoms with Crippen LogP contribution in [0.2, 0.25) is 5.79 Å². The highest BCUT2D eigenvalue weighted by molar-refractivity contribution is 6.42. The molecule has 0 aromatic rings. The zero-order valence-corrected chi connectivity index (χ0v) is 10.9. The molecule has 0 saturated heterocycles. The van der Waals surface area contributed by atoms with Crippen LogP contribution >= 0.6 is 0 Å². The minimum absolute atomic E-state index is 0.312. The number of carboxylic acids is 1. The molecule has 6 heteroatoms. The molecule has 0 fully saturated rings. The summed E-state index contributed by atoms with van der Waals surface area (Å²) in [6.45, 7) is 6.79. The van der Waals surface area contributed by atoms with Crippen LogP contribution in [0.5, 0.6) is 0 Å². The first-order valence-corrected chi connectivity index (χ1v) is 6.98. The van der Waals surface area contributed by atoms with E-state index in [0.29, 0.717) is 0 Å². The van der Waals surface area contributed by atoms with Crippen LogP contribution in [0.15, 0.2) is 0 Å². The van der Waals surface area contributed by atoms with E-state index in [9.17, 15) is 9.59 Å². The van der Waals surface area contributed by atoms with Crippen molar-refractivity contribution in [1.29, 1.82) is 0 Å². The first-order chi connectivity index (χ1) is 6.93. The van der Waals surface area contributed by atoms with Gasteiger partial charge in [0.25, 0.3) is 0 Å². The van der Waals surface area contributed by atoms with E-state index in [-0.39, 0.29) is 12.2 Å². The van der Waals surface area contributed by atoms with Crippen molar-refractivity contribution < 1.29 is 22.3 Å². The molecule has 0 aromatic heterocycles. The Morgan fingerprint density at radius 2 is 1.60 bits per heavy atom. The van der Waals surface area contributed by atoms with Crippen molar-refractivity contribution >= 4 is 26.6 Å². The van der Waals surface area contributed by atoms with Crippen LogP contribution in [-0.2, 0) is 17.2 Å². The molecule has 0 unspecified atom stereocenters. The molecule has 0 heterocycles. The predicted molar refractivity (Wildman–Crippen MR) is 57.8 cm³/mol. The van der Waals surface area contributed by atoms with Crippen LogP contribution in [-0.4, -0.2) is 44.9 Å². The van der Waals surface area contributed by atoms with E-state index in [2.05, 4.69) is 0 Å². The number of carboxylic acid groups (broad SMARTS) is 1. The van der Waals surface area contributed by atoms with E-state index in [1.165, 1.54) is 6.92 Å². The summed E-state index contributed by atoms with van der Waals surface area (Å²) in [6.07, 6.45) is -0.361. The Morgan fingerprint density at radius 3 is 1.73 bits per heavy atom. The van der Waals surface area contributed by atoms with Gasteiger partial charge < -0.3 is 12.7 Å². The van der Waals surface area contributed by atoms with Gasteiger partial charge in [-0.15, -0.1) is 0 Å². The lowest BCUT2D eigenvalue weighted by Gasteiger charge is -2.03. The standard InChI is InChI=1S/C4H6O3.2C2H5O.CH3.Al/c1-3(5)2-4(6)7;2*1-2-3;;/h2H2,1H3,(H,6,7);2*2H2,1H3;1H3;/q;2*-1;;+2. The Hall–Kier alpha value is -0.408. The molecule has 0 rings (SSSR count). The number of rotatable bonds is 6. The summed E-state index contributed by atoms with van der Waals surface area (Å²) in [6, 6.07) is 0. The van der Waals surface area contributed by atoms with E-state index in [4.69, 9.17) is 12.7 Å². The molecule has 1 N–H and O–H groups in total. The Labute approximate surface area is 95.4 Å². The molecule has 0 spiro atoms. The Balaban J connectivity index is 0. The minimum atomic E-state index is -1.20. The van der Waals surface area contributed by atoms with Crippen molar-refractivity contribution in [2.75, 3.05) is 13.2 Å². The molecule has 0 aliphatic heterocycles. The third-order valence-electron chi connectivity index (χ3n) is 1.20. The third-order valence-corrected chi connectivity index (χ3v) is 2.81. The van der Waals surface area contributed by atoms with Crippen molar-refractivity contribution in [3.63, 3.8) is 0 Å². The topological polar surface area (TPSA) is 72.8 Å². The molecule has 88 valence electrons. The van der Waals surface area contributed by atoms with Crippen LogP contribution in [0, 0.1) is 0 Å². The summed E-state index contributed by atoms with van der Waals surface area (Å²) < 4.78 is 10.4. The number of carbonyl (C=O) groups excluding carboxylic acids is 1. The largest absolute Gasteiger partial charge is 0.671 e. The van der Waals surface area contributed by atoms with Gasteiger partial charge in [-0.1, -0.05) is 5.79 Å². The van der Waals surface area contributed by atoms with Crippen LogP contribution in [0.3, 0.4) is 0 Å². The van der Waals surface area contributed by atoms with Gasteiger partial charge >= 0.3 is 20.8 Å². The van der Waals surface area contributed by atoms with E-state index >= 15 is 0 Å². The summed E-state index contributed by atoms with van der Waals surface area (Å²) in [7, 11) is 0. The second-order valence-electron chi connectivity index (χ2n) is 2.75. The Morgan fingerprint density at radius 1 is 1.20 bits per heavy atom. The lowest BCUT2D eigenvalue weighted by Crippen LogP contribution is -2.17. The first-order valence-electron chi connectivity index (χ1n) is 4.88. The number of hydrogen-bond donors (Lipinski definition) is 1. The summed E-state index contributed by atoms with van der Waals surface area (Å²) in [5, 5.41) is 7.86. The molecular weight excluding hydrogens is 215 g/mol. The molecule has 0 radical (unpaired) electrons. The van der Waals surface area contributed by atoms with Gasteiger partial charge in [-0.25, -0.2) is 0 Å². The summed E-state index contributed by atoms with van der Waals surface area (Å²) in [5.74, 6) is 0.660. The highest BCUT2D eigenvalue weighted by Crippen LogP contribution is 1.85. The maximum Gasteiger partial charge on any atom is 0.671 e. The van der Waals surface area contributed by atoms with Crippen molar-refractivity contribution in [3.05, 3.63) is 0 Å². The van der Waals surface area contributed by atoms with Gasteiger partial charge in [-0.05, 0) is 20.8 Å². The number of hydrogen-bond acceptors (Lipinski definition) is 4. The van der Waals surface area contributed by atoms with Crippen molar-refractivity contribution in [2.24, 2.45) is 0 Å². The van der Waals surface area contributed by atoms with Crippen molar-refractivity contribution in [3.8, 4) is 0 Å². The smallest absolute Gasteiger partial charge is 0.481 e. The van der Waals surface area contributed by atoms with Crippen LogP contribution in [0.1, 0.15) is 27.2 Å². The second kappa shape index (κ2) is 11.7. The molecule has 0 aliphatic carbocycles. The van der Waals surface area contributed by atoms with Crippen molar-refractivity contribution in [2.45, 2.75) is 33.0 Å². The van der Waals surface area contributed by atoms with Gasteiger partial charge in [0.15, 0.2) is 0 Å². The number of aliphatic carboxylic acids is 1. The minimum Gasteiger partial charge on any atom is -0.481 e. The van der Waals surface area contributed by atoms with E-state index in [1.54, 1.807) is 0 Å². The SMILES string of the molecule is CC(=O)CC(=O)O.CC[O][Al]([CH3])[O]CC. The normalized spacial score (nSPS) is 8.80. The number of carbonyl (C=O) groups is 2. The molecule has 0 aliphatic rings. The molecule has 0 bridgehead atoms. The number of ketones is 1. The summed E-state index contributed by atoms with van der Waals surface area (Å²) >= 11 is -1.20. The monoisotopic (exact) mass is 234 g/mol. The molecule has 5 nitrogen and oxygen atoms in total. The van der Waals surface area contributed by atoms with E-state index in [0.717, 1.165) is 13.2 Å². The maximum absolute atomic E-state index is 9.87. The van der Waals surface area contributed by atoms with E-state index in [1.807, 2.05) is 19.6 Å². The van der Waals surface area contributed by atoms with Crippen LogP contribution in [0.4, 0.5) is 0 Å². The van der Waals surface area contributed by atoms with Gasteiger partial charge in [0, 0.05) is 13.2 Å². The van der Waals surface area contributed by atoms with Gasteiger partial charge in [0.1, 0.15) is 12.2 Å². The lowest BCUT2D eigenvalue weighted by molar-refractivity contribution is -0.139. The average molecular weight is 234 g/mol. The fourth-order valence-corrected chi connectivity index (χ4v) is 1.77. The molecule has 0 amide bonds. The van der Waals surface area contributed by atoms with Crippen LogP contribution in [0.25, 0.3) is 0 Å². The maximum atomic E-state index is 9.87. The number of Topliss-reactive ketones (excluding diaryl/α,β-unsaturated/α-hetero) is 1. The quantitative estimate of drug-likeness (QED) is 0.552. The summed E-state index contributed by atoms with van der Waals surface area (Å²) in [5.41, 5.74) is 0. The average Bonchev–Trinajstić information content (AvgIpc) is 2.03. The zero-order valence-electron chi connectivity index (χ0n) is 9.78. The second-order valence-corrected chi connectivity index (χ2v) is 4.55. The molecular formula is C9H19AlO5. The zero-order chi connectivity index (χ0) is 12.3. The van der Waals surface area contributed by atoms with Gasteiger partial charge in [-0.3, -0.25) is 9.59 Å². The highest BCUT2D eigenvalue weighted by atomic mass is 27.2. The Kier molecular flexibility index (Phi) is 13.2. The van der Waals surface area contributed by atoms with Crippen LogP contribution < -0.4 is 0 Å². The van der Waals surface area contributed by atoms with Gasteiger partial charge in [0.2, 0.25) is 0 Å². The first kappa shape index (κ1) is 17.0. The molecule has 0 aromatic carbocycles. The Bertz CT molecular complexity index is 165. The van der Waals surface area contributed by atoms with Gasteiger partial charge in [0.05, 0.1) is 0 Å². The molecule has 0 atom stereocenters.